The Hall–Kier alpha value is -1.40. The van der Waals surface area contributed by atoms with Crippen molar-refractivity contribution in [3.8, 4) is 0 Å². The summed E-state index contributed by atoms with van der Waals surface area (Å²) in [7, 11) is -2.99. The standard InChI is InChI=1S/C16H27N3O4S/c1-11-3-4-13(9-15(11)17-10-20)19-16(21)18-12-5-7-14(8-6-12)24(2,22)23/h11-15H,3-9H2,1-2H3,(H2,18,19,21). The third-order valence-electron chi connectivity index (χ3n) is 5.32. The summed E-state index contributed by atoms with van der Waals surface area (Å²) in [5.74, 6) is 0.332. The Kier molecular flexibility index (Phi) is 6.40. The number of aliphatic imine (C=N–C) groups is 1. The molecule has 2 amide bonds. The smallest absolute Gasteiger partial charge is 0.315 e. The highest BCUT2D eigenvalue weighted by molar-refractivity contribution is 7.91. The molecule has 2 rings (SSSR count). The zero-order valence-electron chi connectivity index (χ0n) is 14.3. The number of sulfone groups is 1. The van der Waals surface area contributed by atoms with Gasteiger partial charge in [-0.3, -0.25) is 0 Å². The van der Waals surface area contributed by atoms with Gasteiger partial charge in [-0.2, -0.15) is 0 Å². The predicted octanol–water partition coefficient (Wildman–Crippen LogP) is 1.53. The maximum Gasteiger partial charge on any atom is 0.315 e. The van der Waals surface area contributed by atoms with E-state index in [1.165, 1.54) is 6.26 Å². The minimum Gasteiger partial charge on any atom is -0.335 e. The van der Waals surface area contributed by atoms with Crippen molar-refractivity contribution in [2.24, 2.45) is 10.9 Å². The minimum absolute atomic E-state index is 0.00987. The van der Waals surface area contributed by atoms with Gasteiger partial charge < -0.3 is 10.6 Å². The molecule has 8 heteroatoms. The summed E-state index contributed by atoms with van der Waals surface area (Å²) in [6.45, 7) is 2.06. The number of amides is 2. The van der Waals surface area contributed by atoms with Gasteiger partial charge in [-0.25, -0.2) is 23.0 Å². The molecule has 2 saturated carbocycles. The molecule has 0 heterocycles. The number of hydrogen-bond donors (Lipinski definition) is 2. The van der Waals surface area contributed by atoms with E-state index in [9.17, 15) is 18.0 Å². The van der Waals surface area contributed by atoms with Crippen molar-refractivity contribution in [1.29, 1.82) is 0 Å². The molecular weight excluding hydrogens is 330 g/mol. The molecule has 0 aromatic rings. The second kappa shape index (κ2) is 8.12. The monoisotopic (exact) mass is 357 g/mol. The zero-order valence-corrected chi connectivity index (χ0v) is 15.1. The van der Waals surface area contributed by atoms with Gasteiger partial charge in [0.15, 0.2) is 0 Å². The Morgan fingerprint density at radius 2 is 1.62 bits per heavy atom. The molecule has 24 heavy (non-hydrogen) atoms. The normalized spacial score (nSPS) is 34.0. The first-order valence-corrected chi connectivity index (χ1v) is 10.6. The third-order valence-corrected chi connectivity index (χ3v) is 7.00. The first-order valence-electron chi connectivity index (χ1n) is 8.62. The molecule has 2 fully saturated rings. The van der Waals surface area contributed by atoms with Crippen molar-refractivity contribution in [3.63, 3.8) is 0 Å². The van der Waals surface area contributed by atoms with E-state index in [2.05, 4.69) is 22.5 Å². The highest BCUT2D eigenvalue weighted by Gasteiger charge is 2.31. The number of isocyanates is 1. The molecule has 0 aromatic carbocycles. The van der Waals surface area contributed by atoms with Crippen LogP contribution in [0.5, 0.6) is 0 Å². The number of urea groups is 1. The minimum atomic E-state index is -2.99. The van der Waals surface area contributed by atoms with Crippen molar-refractivity contribution < 1.29 is 18.0 Å². The van der Waals surface area contributed by atoms with Gasteiger partial charge in [-0.05, 0) is 50.9 Å². The second-order valence-electron chi connectivity index (χ2n) is 7.20. The lowest BCUT2D eigenvalue weighted by Crippen LogP contribution is -2.50. The molecule has 3 atom stereocenters. The maximum atomic E-state index is 12.2. The quantitative estimate of drug-likeness (QED) is 0.588. The van der Waals surface area contributed by atoms with E-state index in [-0.39, 0.29) is 29.4 Å². The summed E-state index contributed by atoms with van der Waals surface area (Å²) in [6, 6.07) is -0.261. The first kappa shape index (κ1) is 18.9. The molecule has 136 valence electrons. The molecule has 0 spiro atoms. The molecule has 2 aliphatic rings. The highest BCUT2D eigenvalue weighted by atomic mass is 32.2. The van der Waals surface area contributed by atoms with Crippen molar-refractivity contribution in [3.05, 3.63) is 0 Å². The summed E-state index contributed by atoms with van der Waals surface area (Å²) < 4.78 is 23.1. The molecule has 0 saturated heterocycles. The molecule has 0 aliphatic heterocycles. The van der Waals surface area contributed by atoms with Crippen molar-refractivity contribution in [2.75, 3.05) is 6.26 Å². The van der Waals surface area contributed by atoms with E-state index in [1.807, 2.05) is 0 Å². The van der Waals surface area contributed by atoms with Crippen LogP contribution in [0, 0.1) is 5.92 Å². The molecule has 7 nitrogen and oxygen atoms in total. The number of carbonyl (C=O) groups excluding carboxylic acids is 2. The Balaban J connectivity index is 1.77. The lowest BCUT2D eigenvalue weighted by atomic mass is 9.83. The highest BCUT2D eigenvalue weighted by Crippen LogP contribution is 2.27. The fourth-order valence-electron chi connectivity index (χ4n) is 3.72. The number of nitrogens with zero attached hydrogens (tertiary/aromatic N) is 1. The van der Waals surface area contributed by atoms with Crippen LogP contribution in [0.1, 0.15) is 51.9 Å². The summed E-state index contributed by atoms with van der Waals surface area (Å²) in [4.78, 5) is 26.5. The van der Waals surface area contributed by atoms with E-state index in [0.29, 0.717) is 38.0 Å². The van der Waals surface area contributed by atoms with Crippen LogP contribution in [-0.4, -0.2) is 50.2 Å². The van der Waals surface area contributed by atoms with E-state index in [4.69, 9.17) is 0 Å². The first-order chi connectivity index (χ1) is 11.3. The SMILES string of the molecule is CC1CCC(NC(=O)NC2CCC(S(C)(=O)=O)CC2)CC1N=C=O. The van der Waals surface area contributed by atoms with E-state index in [0.717, 1.165) is 12.8 Å². The largest absolute Gasteiger partial charge is 0.335 e. The zero-order chi connectivity index (χ0) is 17.7. The Bertz CT molecular complexity index is 592. The Morgan fingerprint density at radius 3 is 2.21 bits per heavy atom. The topological polar surface area (TPSA) is 105 Å². The van der Waals surface area contributed by atoms with Crippen LogP contribution >= 0.6 is 0 Å². The number of hydrogen-bond acceptors (Lipinski definition) is 5. The van der Waals surface area contributed by atoms with E-state index >= 15 is 0 Å². The van der Waals surface area contributed by atoms with Crippen molar-refractivity contribution in [1.82, 2.24) is 10.6 Å². The lowest BCUT2D eigenvalue weighted by molar-refractivity contribution is 0.216. The Morgan fingerprint density at radius 1 is 1.04 bits per heavy atom. The summed E-state index contributed by atoms with van der Waals surface area (Å²) >= 11 is 0. The Labute approximate surface area is 143 Å². The second-order valence-corrected chi connectivity index (χ2v) is 9.52. The molecule has 0 aromatic heterocycles. The summed E-state index contributed by atoms with van der Waals surface area (Å²) in [5.41, 5.74) is 0. The average Bonchev–Trinajstić information content (AvgIpc) is 2.50. The van der Waals surface area contributed by atoms with Gasteiger partial charge in [-0.15, -0.1) is 0 Å². The molecule has 2 aliphatic carbocycles. The molecular formula is C16H27N3O4S. The fraction of sp³-hybridized carbons (Fsp3) is 0.875. The fourth-order valence-corrected chi connectivity index (χ4v) is 4.85. The van der Waals surface area contributed by atoms with Crippen LogP contribution in [0.15, 0.2) is 4.99 Å². The van der Waals surface area contributed by atoms with Gasteiger partial charge in [0.1, 0.15) is 9.84 Å². The van der Waals surface area contributed by atoms with E-state index in [1.54, 1.807) is 6.08 Å². The summed E-state index contributed by atoms with van der Waals surface area (Å²) in [6.07, 6.45) is 7.92. The van der Waals surface area contributed by atoms with Crippen LogP contribution in [0.2, 0.25) is 0 Å². The molecule has 2 N–H and O–H groups in total. The average molecular weight is 357 g/mol. The molecule has 0 radical (unpaired) electrons. The van der Waals surface area contributed by atoms with Crippen LogP contribution in [0.25, 0.3) is 0 Å². The molecule has 3 unspecified atom stereocenters. The number of rotatable bonds is 4. The van der Waals surface area contributed by atoms with Gasteiger partial charge in [0.25, 0.3) is 0 Å². The van der Waals surface area contributed by atoms with Gasteiger partial charge in [0.2, 0.25) is 6.08 Å². The van der Waals surface area contributed by atoms with Crippen LogP contribution in [0.3, 0.4) is 0 Å². The molecule has 0 bridgehead atoms. The van der Waals surface area contributed by atoms with Crippen molar-refractivity contribution >= 4 is 21.9 Å². The van der Waals surface area contributed by atoms with Gasteiger partial charge >= 0.3 is 6.03 Å². The van der Waals surface area contributed by atoms with Gasteiger partial charge in [-0.1, -0.05) is 6.92 Å². The third kappa shape index (κ3) is 5.31. The van der Waals surface area contributed by atoms with Gasteiger partial charge in [0, 0.05) is 18.3 Å². The number of nitrogens with one attached hydrogen (secondary N) is 2. The van der Waals surface area contributed by atoms with Gasteiger partial charge in [0.05, 0.1) is 11.3 Å². The number of carbonyl (C=O) groups is 1. The van der Waals surface area contributed by atoms with Crippen LogP contribution in [0.4, 0.5) is 4.79 Å². The predicted molar refractivity (Wildman–Crippen MR) is 91.3 cm³/mol. The van der Waals surface area contributed by atoms with Crippen LogP contribution < -0.4 is 10.6 Å². The van der Waals surface area contributed by atoms with Crippen molar-refractivity contribution in [2.45, 2.75) is 75.2 Å². The summed E-state index contributed by atoms with van der Waals surface area (Å²) in [5, 5.41) is 5.62. The maximum absolute atomic E-state index is 12.2. The van der Waals surface area contributed by atoms with E-state index < -0.39 is 9.84 Å². The lowest BCUT2D eigenvalue weighted by Gasteiger charge is -2.33. The van der Waals surface area contributed by atoms with Crippen LogP contribution in [-0.2, 0) is 14.6 Å².